The maximum atomic E-state index is 5.36. The van der Waals surface area contributed by atoms with Crippen molar-refractivity contribution < 1.29 is 4.74 Å². The van der Waals surface area contributed by atoms with E-state index in [1.807, 2.05) is 24.3 Å². The molecule has 3 aromatic rings. The molecule has 7 heteroatoms. The fourth-order valence-electron chi connectivity index (χ4n) is 1.91. The van der Waals surface area contributed by atoms with E-state index in [9.17, 15) is 0 Å². The lowest BCUT2D eigenvalue weighted by atomic mass is 10.3. The number of para-hydroxylation sites is 1. The fraction of sp³-hybridized carbons (Fsp3) is 0.167. The third kappa shape index (κ3) is 1.75. The first kappa shape index (κ1) is 11.4. The van der Waals surface area contributed by atoms with Gasteiger partial charge in [0.1, 0.15) is 11.8 Å². The Balaban J connectivity index is 2.27. The molecule has 0 aliphatic rings. The zero-order valence-corrected chi connectivity index (χ0v) is 10.5. The smallest absolute Gasteiger partial charge is 0.206 e. The summed E-state index contributed by atoms with van der Waals surface area (Å²) >= 11 is 0. The second-order valence-corrected chi connectivity index (χ2v) is 3.82. The van der Waals surface area contributed by atoms with Crippen LogP contribution in [0, 0.1) is 0 Å². The third-order valence-corrected chi connectivity index (χ3v) is 2.78. The summed E-state index contributed by atoms with van der Waals surface area (Å²) in [4.78, 5) is 8.34. The van der Waals surface area contributed by atoms with Crippen LogP contribution in [-0.4, -0.2) is 39.1 Å². The molecule has 0 aliphatic carbocycles. The molecule has 1 N–H and O–H groups in total. The minimum absolute atomic E-state index is 0.528. The minimum atomic E-state index is 0.528. The summed E-state index contributed by atoms with van der Waals surface area (Å²) < 4.78 is 7.00. The van der Waals surface area contributed by atoms with E-state index >= 15 is 0 Å². The Bertz CT molecular complexity index is 723. The van der Waals surface area contributed by atoms with Crippen molar-refractivity contribution in [2.45, 2.75) is 0 Å². The van der Waals surface area contributed by atoms with Crippen LogP contribution in [-0.2, 0) is 0 Å². The number of nitrogens with one attached hydrogen (secondary N) is 1. The highest BCUT2D eigenvalue weighted by Crippen LogP contribution is 2.28. The number of hydrogen-bond donors (Lipinski definition) is 1. The van der Waals surface area contributed by atoms with Gasteiger partial charge in [-0.15, -0.1) is 5.10 Å². The van der Waals surface area contributed by atoms with Crippen LogP contribution >= 0.6 is 0 Å². The molecule has 0 fully saturated rings. The van der Waals surface area contributed by atoms with Crippen molar-refractivity contribution in [2.24, 2.45) is 0 Å². The number of rotatable bonds is 3. The molecule has 0 atom stereocenters. The first-order chi connectivity index (χ1) is 9.35. The van der Waals surface area contributed by atoms with Crippen LogP contribution in [0.4, 0.5) is 5.82 Å². The molecule has 96 valence electrons. The maximum absolute atomic E-state index is 5.36. The number of hydrogen-bond acceptors (Lipinski definition) is 6. The molecule has 0 bridgehead atoms. The van der Waals surface area contributed by atoms with Crippen molar-refractivity contribution in [3.63, 3.8) is 0 Å². The Morgan fingerprint density at radius 1 is 1.21 bits per heavy atom. The standard InChI is InChI=1S/C12H12N6O/c1-13-11-10(19-2)12(15-7-14-11)18-9-6-4-3-5-8(9)16-17-18/h3-7H,1-2H3,(H,13,14,15). The number of fused-ring (bicyclic) bond motifs is 1. The van der Waals surface area contributed by atoms with Gasteiger partial charge in [0.05, 0.1) is 12.6 Å². The van der Waals surface area contributed by atoms with Crippen LogP contribution in [0.5, 0.6) is 5.75 Å². The molecule has 0 aliphatic heterocycles. The van der Waals surface area contributed by atoms with E-state index in [-0.39, 0.29) is 0 Å². The van der Waals surface area contributed by atoms with Crippen LogP contribution in [0.3, 0.4) is 0 Å². The van der Waals surface area contributed by atoms with Gasteiger partial charge in [-0.05, 0) is 12.1 Å². The van der Waals surface area contributed by atoms with Crippen LogP contribution in [0.15, 0.2) is 30.6 Å². The third-order valence-electron chi connectivity index (χ3n) is 2.78. The number of aromatic nitrogens is 5. The molecule has 19 heavy (non-hydrogen) atoms. The Labute approximate surface area is 109 Å². The first-order valence-corrected chi connectivity index (χ1v) is 5.72. The van der Waals surface area contributed by atoms with Crippen molar-refractivity contribution in [1.29, 1.82) is 0 Å². The SMILES string of the molecule is CNc1ncnc(-n2nnc3ccccc32)c1OC. The van der Waals surface area contributed by atoms with Crippen molar-refractivity contribution in [1.82, 2.24) is 25.0 Å². The van der Waals surface area contributed by atoms with Gasteiger partial charge in [-0.2, -0.15) is 4.68 Å². The van der Waals surface area contributed by atoms with Gasteiger partial charge in [-0.1, -0.05) is 17.3 Å². The van der Waals surface area contributed by atoms with Crippen LogP contribution in [0.1, 0.15) is 0 Å². The van der Waals surface area contributed by atoms with E-state index in [0.717, 1.165) is 11.0 Å². The zero-order chi connectivity index (χ0) is 13.2. The largest absolute Gasteiger partial charge is 0.490 e. The average molecular weight is 256 g/mol. The van der Waals surface area contributed by atoms with E-state index in [1.165, 1.54) is 6.33 Å². The average Bonchev–Trinajstić information content (AvgIpc) is 2.90. The number of benzene rings is 1. The lowest BCUT2D eigenvalue weighted by Crippen LogP contribution is -2.06. The monoisotopic (exact) mass is 256 g/mol. The van der Waals surface area contributed by atoms with E-state index in [0.29, 0.717) is 17.4 Å². The molecular formula is C12H12N6O. The fourth-order valence-corrected chi connectivity index (χ4v) is 1.91. The summed E-state index contributed by atoms with van der Waals surface area (Å²) in [7, 11) is 3.34. The predicted molar refractivity (Wildman–Crippen MR) is 70.6 cm³/mol. The topological polar surface area (TPSA) is 77.8 Å². The molecule has 0 spiro atoms. The van der Waals surface area contributed by atoms with E-state index in [1.54, 1.807) is 18.8 Å². The van der Waals surface area contributed by atoms with Crippen molar-refractivity contribution in [3.05, 3.63) is 30.6 Å². The van der Waals surface area contributed by atoms with Crippen LogP contribution in [0.25, 0.3) is 16.9 Å². The quantitative estimate of drug-likeness (QED) is 0.760. The van der Waals surface area contributed by atoms with Crippen molar-refractivity contribution in [3.8, 4) is 11.6 Å². The second kappa shape index (κ2) is 4.52. The number of nitrogens with zero attached hydrogens (tertiary/aromatic N) is 5. The molecule has 0 unspecified atom stereocenters. The first-order valence-electron chi connectivity index (χ1n) is 5.72. The summed E-state index contributed by atoms with van der Waals surface area (Å²) in [5.41, 5.74) is 1.66. The molecule has 0 saturated carbocycles. The molecule has 0 radical (unpaired) electrons. The molecule has 0 amide bonds. The van der Waals surface area contributed by atoms with Gasteiger partial charge in [0.25, 0.3) is 0 Å². The molecule has 2 aromatic heterocycles. The van der Waals surface area contributed by atoms with E-state index in [4.69, 9.17) is 4.74 Å². The Morgan fingerprint density at radius 3 is 2.84 bits per heavy atom. The molecule has 2 heterocycles. The minimum Gasteiger partial charge on any atom is -0.490 e. The normalized spacial score (nSPS) is 10.6. The lowest BCUT2D eigenvalue weighted by Gasteiger charge is -2.10. The predicted octanol–water partition coefficient (Wildman–Crippen LogP) is 1.26. The highest BCUT2D eigenvalue weighted by atomic mass is 16.5. The maximum Gasteiger partial charge on any atom is 0.206 e. The Morgan fingerprint density at radius 2 is 2.05 bits per heavy atom. The van der Waals surface area contributed by atoms with Gasteiger partial charge < -0.3 is 10.1 Å². The lowest BCUT2D eigenvalue weighted by molar-refractivity contribution is 0.409. The van der Waals surface area contributed by atoms with Crippen molar-refractivity contribution >= 4 is 16.9 Å². The van der Waals surface area contributed by atoms with Crippen LogP contribution < -0.4 is 10.1 Å². The number of ether oxygens (including phenoxy) is 1. The molecule has 0 saturated heterocycles. The summed E-state index contributed by atoms with van der Waals surface area (Å²) in [5, 5.41) is 11.2. The van der Waals surface area contributed by atoms with Gasteiger partial charge in [-0.25, -0.2) is 9.97 Å². The van der Waals surface area contributed by atoms with Gasteiger partial charge in [0.15, 0.2) is 5.82 Å². The highest BCUT2D eigenvalue weighted by Gasteiger charge is 2.16. The van der Waals surface area contributed by atoms with Crippen molar-refractivity contribution in [2.75, 3.05) is 19.5 Å². The molecular weight excluding hydrogens is 244 g/mol. The summed E-state index contributed by atoms with van der Waals surface area (Å²) in [5.74, 6) is 1.68. The molecule has 7 nitrogen and oxygen atoms in total. The summed E-state index contributed by atoms with van der Waals surface area (Å²) in [6.45, 7) is 0. The van der Waals surface area contributed by atoms with Crippen LogP contribution in [0.2, 0.25) is 0 Å². The van der Waals surface area contributed by atoms with Gasteiger partial charge in [0, 0.05) is 7.05 Å². The molecule has 3 rings (SSSR count). The number of methoxy groups -OCH3 is 1. The van der Waals surface area contributed by atoms with Gasteiger partial charge in [0.2, 0.25) is 11.6 Å². The second-order valence-electron chi connectivity index (χ2n) is 3.82. The Hall–Kier alpha value is -2.70. The highest BCUT2D eigenvalue weighted by molar-refractivity contribution is 5.76. The zero-order valence-electron chi connectivity index (χ0n) is 10.5. The number of anilines is 1. The Kier molecular flexibility index (Phi) is 2.71. The van der Waals surface area contributed by atoms with E-state index in [2.05, 4.69) is 25.6 Å². The van der Waals surface area contributed by atoms with E-state index < -0.39 is 0 Å². The van der Waals surface area contributed by atoms with Gasteiger partial charge in [-0.3, -0.25) is 0 Å². The summed E-state index contributed by atoms with van der Waals surface area (Å²) in [6, 6.07) is 7.66. The van der Waals surface area contributed by atoms with Gasteiger partial charge >= 0.3 is 0 Å². The summed E-state index contributed by atoms with van der Waals surface area (Å²) in [6.07, 6.45) is 1.46. The molecule has 1 aromatic carbocycles.